The molecular weight excluding hydrogens is 186 g/mol. The van der Waals surface area contributed by atoms with E-state index in [4.69, 9.17) is 0 Å². The van der Waals surface area contributed by atoms with Crippen LogP contribution in [0.5, 0.6) is 0 Å². The fraction of sp³-hybridized carbons (Fsp3) is 0.538. The Hall–Kier alpha value is -0.860. The Bertz CT molecular complexity index is 299. The van der Waals surface area contributed by atoms with Crippen molar-refractivity contribution in [3.8, 4) is 0 Å². The molecule has 0 bridgehead atoms. The standard InChI is InChI=1S/C13H19NO/c1-14-8-12(13(9-14)10-15)7-11-5-3-2-4-6-11/h2-6,12-13,15H,7-10H2,1H3/t12-,13+/m0/s1. The lowest BCUT2D eigenvalue weighted by Gasteiger charge is -2.15. The summed E-state index contributed by atoms with van der Waals surface area (Å²) in [6.07, 6.45) is 1.09. The van der Waals surface area contributed by atoms with Crippen molar-refractivity contribution >= 4 is 0 Å². The molecule has 0 unspecified atom stereocenters. The first-order chi connectivity index (χ1) is 7.29. The van der Waals surface area contributed by atoms with Crippen LogP contribution in [-0.4, -0.2) is 36.8 Å². The van der Waals surface area contributed by atoms with E-state index in [2.05, 4.69) is 36.2 Å². The smallest absolute Gasteiger partial charge is 0.0474 e. The van der Waals surface area contributed by atoms with E-state index in [1.54, 1.807) is 0 Å². The second-order valence-corrected chi connectivity index (χ2v) is 4.61. The molecule has 1 N–H and O–H groups in total. The van der Waals surface area contributed by atoms with Crippen molar-refractivity contribution in [2.75, 3.05) is 26.7 Å². The van der Waals surface area contributed by atoms with Crippen LogP contribution in [0.4, 0.5) is 0 Å². The van der Waals surface area contributed by atoms with Crippen LogP contribution in [0, 0.1) is 11.8 Å². The predicted molar refractivity (Wildman–Crippen MR) is 61.7 cm³/mol. The highest BCUT2D eigenvalue weighted by Crippen LogP contribution is 2.25. The molecule has 1 aliphatic heterocycles. The zero-order chi connectivity index (χ0) is 10.7. The number of likely N-dealkylation sites (tertiary alicyclic amines) is 1. The minimum atomic E-state index is 0.321. The maximum atomic E-state index is 9.31. The molecule has 1 aliphatic rings. The van der Waals surface area contributed by atoms with Crippen molar-refractivity contribution in [3.05, 3.63) is 35.9 Å². The first kappa shape index (κ1) is 10.7. The van der Waals surface area contributed by atoms with Crippen molar-refractivity contribution in [1.29, 1.82) is 0 Å². The molecule has 2 atom stereocenters. The quantitative estimate of drug-likeness (QED) is 0.806. The normalized spacial score (nSPS) is 27.1. The minimum absolute atomic E-state index is 0.321. The van der Waals surface area contributed by atoms with Gasteiger partial charge in [0.05, 0.1) is 0 Å². The van der Waals surface area contributed by atoms with Crippen molar-refractivity contribution in [2.45, 2.75) is 6.42 Å². The zero-order valence-electron chi connectivity index (χ0n) is 9.26. The van der Waals surface area contributed by atoms with Gasteiger partial charge in [-0.25, -0.2) is 0 Å². The molecule has 2 rings (SSSR count). The Morgan fingerprint density at radius 3 is 2.53 bits per heavy atom. The molecule has 15 heavy (non-hydrogen) atoms. The number of hydrogen-bond donors (Lipinski definition) is 1. The summed E-state index contributed by atoms with van der Waals surface area (Å²) in [6, 6.07) is 10.6. The Morgan fingerprint density at radius 1 is 1.20 bits per heavy atom. The topological polar surface area (TPSA) is 23.5 Å². The summed E-state index contributed by atoms with van der Waals surface area (Å²) in [7, 11) is 2.13. The average Bonchev–Trinajstić information content (AvgIpc) is 2.60. The lowest BCUT2D eigenvalue weighted by atomic mass is 9.90. The van der Waals surface area contributed by atoms with Gasteiger partial charge in [0.25, 0.3) is 0 Å². The van der Waals surface area contributed by atoms with Gasteiger partial charge in [-0.3, -0.25) is 0 Å². The van der Waals surface area contributed by atoms with Crippen LogP contribution in [0.2, 0.25) is 0 Å². The summed E-state index contributed by atoms with van der Waals surface area (Å²) >= 11 is 0. The number of aliphatic hydroxyl groups excluding tert-OH is 1. The van der Waals surface area contributed by atoms with Gasteiger partial charge in [-0.2, -0.15) is 0 Å². The second-order valence-electron chi connectivity index (χ2n) is 4.61. The molecule has 0 aromatic heterocycles. The van der Waals surface area contributed by atoms with E-state index in [1.165, 1.54) is 5.56 Å². The molecule has 2 heteroatoms. The zero-order valence-corrected chi connectivity index (χ0v) is 9.26. The second kappa shape index (κ2) is 4.77. The average molecular weight is 205 g/mol. The Labute approximate surface area is 91.5 Å². The predicted octanol–water partition coefficient (Wildman–Crippen LogP) is 1.40. The molecule has 0 saturated carbocycles. The Morgan fingerprint density at radius 2 is 1.87 bits per heavy atom. The van der Waals surface area contributed by atoms with E-state index in [0.717, 1.165) is 19.5 Å². The molecule has 1 aromatic rings. The maximum Gasteiger partial charge on any atom is 0.0474 e. The third-order valence-electron chi connectivity index (χ3n) is 3.33. The summed E-state index contributed by atoms with van der Waals surface area (Å²) < 4.78 is 0. The van der Waals surface area contributed by atoms with Crippen molar-refractivity contribution < 1.29 is 5.11 Å². The van der Waals surface area contributed by atoms with E-state index in [-0.39, 0.29) is 0 Å². The lowest BCUT2D eigenvalue weighted by Crippen LogP contribution is -2.18. The van der Waals surface area contributed by atoms with Crippen LogP contribution in [0.3, 0.4) is 0 Å². The van der Waals surface area contributed by atoms with E-state index in [0.29, 0.717) is 18.4 Å². The lowest BCUT2D eigenvalue weighted by molar-refractivity contribution is 0.202. The minimum Gasteiger partial charge on any atom is -0.396 e. The van der Waals surface area contributed by atoms with E-state index >= 15 is 0 Å². The highest BCUT2D eigenvalue weighted by molar-refractivity contribution is 5.15. The third kappa shape index (κ3) is 2.58. The summed E-state index contributed by atoms with van der Waals surface area (Å²) in [4.78, 5) is 2.31. The van der Waals surface area contributed by atoms with Gasteiger partial charge in [0.15, 0.2) is 0 Å². The van der Waals surface area contributed by atoms with Crippen molar-refractivity contribution in [1.82, 2.24) is 4.90 Å². The molecule has 2 nitrogen and oxygen atoms in total. The van der Waals surface area contributed by atoms with Crippen LogP contribution in [0.25, 0.3) is 0 Å². The van der Waals surface area contributed by atoms with Gasteiger partial charge in [-0.1, -0.05) is 30.3 Å². The molecule has 0 radical (unpaired) electrons. The molecule has 1 fully saturated rings. The molecule has 1 aromatic carbocycles. The van der Waals surface area contributed by atoms with Crippen LogP contribution in [0.1, 0.15) is 5.56 Å². The Balaban J connectivity index is 2.00. The largest absolute Gasteiger partial charge is 0.396 e. The van der Waals surface area contributed by atoms with E-state index in [9.17, 15) is 5.11 Å². The van der Waals surface area contributed by atoms with Gasteiger partial charge in [-0.15, -0.1) is 0 Å². The first-order valence-electron chi connectivity index (χ1n) is 5.63. The first-order valence-corrected chi connectivity index (χ1v) is 5.63. The van der Waals surface area contributed by atoms with Gasteiger partial charge in [0.2, 0.25) is 0 Å². The highest BCUT2D eigenvalue weighted by atomic mass is 16.3. The summed E-state index contributed by atoms with van der Waals surface area (Å²) in [6.45, 7) is 2.47. The van der Waals surface area contributed by atoms with Gasteiger partial charge in [0.1, 0.15) is 0 Å². The summed E-state index contributed by atoms with van der Waals surface area (Å²) in [5.41, 5.74) is 1.39. The van der Waals surface area contributed by atoms with Gasteiger partial charge < -0.3 is 10.0 Å². The number of benzene rings is 1. The van der Waals surface area contributed by atoms with Crippen LogP contribution >= 0.6 is 0 Å². The highest BCUT2D eigenvalue weighted by Gasteiger charge is 2.29. The summed E-state index contributed by atoms with van der Waals surface area (Å²) in [5, 5.41) is 9.31. The molecular formula is C13H19NO. The summed E-state index contributed by atoms with van der Waals surface area (Å²) in [5.74, 6) is 1.07. The monoisotopic (exact) mass is 205 g/mol. The van der Waals surface area contributed by atoms with Crippen molar-refractivity contribution in [2.24, 2.45) is 11.8 Å². The van der Waals surface area contributed by atoms with E-state index in [1.807, 2.05) is 6.07 Å². The third-order valence-corrected chi connectivity index (χ3v) is 3.33. The van der Waals surface area contributed by atoms with Crippen LogP contribution < -0.4 is 0 Å². The van der Waals surface area contributed by atoms with Crippen LogP contribution in [-0.2, 0) is 6.42 Å². The molecule has 0 aliphatic carbocycles. The van der Waals surface area contributed by atoms with Gasteiger partial charge in [-0.05, 0) is 30.9 Å². The molecule has 1 saturated heterocycles. The molecule has 82 valence electrons. The number of hydrogen-bond acceptors (Lipinski definition) is 2. The maximum absolute atomic E-state index is 9.31. The van der Waals surface area contributed by atoms with Gasteiger partial charge in [0, 0.05) is 19.7 Å². The molecule has 0 spiro atoms. The van der Waals surface area contributed by atoms with E-state index < -0.39 is 0 Å². The SMILES string of the molecule is CN1C[C@H](CO)[C@@H](Cc2ccccc2)C1. The fourth-order valence-corrected chi connectivity index (χ4v) is 2.53. The number of rotatable bonds is 3. The van der Waals surface area contributed by atoms with Crippen molar-refractivity contribution in [3.63, 3.8) is 0 Å². The number of nitrogens with zero attached hydrogens (tertiary/aromatic N) is 1. The molecule has 1 heterocycles. The molecule has 0 amide bonds. The van der Waals surface area contributed by atoms with Crippen LogP contribution in [0.15, 0.2) is 30.3 Å². The van der Waals surface area contributed by atoms with Gasteiger partial charge >= 0.3 is 0 Å². The Kier molecular flexibility index (Phi) is 3.39. The number of aliphatic hydroxyl groups is 1. The fourth-order valence-electron chi connectivity index (χ4n) is 2.53.